The van der Waals surface area contributed by atoms with Gasteiger partial charge < -0.3 is 9.47 Å². The summed E-state index contributed by atoms with van der Waals surface area (Å²) < 4.78 is 48.6. The highest BCUT2D eigenvalue weighted by Crippen LogP contribution is 2.32. The van der Waals surface area contributed by atoms with Crippen LogP contribution in [-0.2, 0) is 0 Å². The summed E-state index contributed by atoms with van der Waals surface area (Å²) in [6.07, 6.45) is -4.91. The van der Waals surface area contributed by atoms with Gasteiger partial charge in [-0.15, -0.1) is 0 Å². The van der Waals surface area contributed by atoms with Gasteiger partial charge in [0.2, 0.25) is 0 Å². The van der Waals surface area contributed by atoms with Crippen molar-refractivity contribution in [2.75, 3.05) is 13.2 Å². The molecule has 0 aromatic heterocycles. The second-order valence-corrected chi connectivity index (χ2v) is 5.90. The number of rotatable bonds is 7. The minimum Gasteiger partial charge on any atom is -0.489 e. The van der Waals surface area contributed by atoms with Gasteiger partial charge in [0.1, 0.15) is 0 Å². The zero-order valence-electron chi connectivity index (χ0n) is 13.2. The summed E-state index contributed by atoms with van der Waals surface area (Å²) in [6, 6.07) is 3.54. The molecule has 0 aliphatic heterocycles. The summed E-state index contributed by atoms with van der Waals surface area (Å²) in [5.74, 6) is -0.941. The van der Waals surface area contributed by atoms with Crippen LogP contribution >= 0.6 is 0 Å². The molecule has 1 aromatic rings. The molecule has 0 heterocycles. The van der Waals surface area contributed by atoms with E-state index in [9.17, 15) is 18.0 Å². The fraction of sp³-hybridized carbons (Fsp3) is 0.562. The van der Waals surface area contributed by atoms with Gasteiger partial charge in [-0.1, -0.05) is 27.7 Å². The lowest BCUT2D eigenvalue weighted by molar-refractivity contribution is -0.0885. The molecule has 3 nitrogen and oxygen atoms in total. The van der Waals surface area contributed by atoms with E-state index in [-0.39, 0.29) is 17.6 Å². The number of Topliss-reactive ketones (excluding diaryl/α,β-unsaturated/α-hetero) is 1. The molecule has 124 valence electrons. The number of hydrogen-bond donors (Lipinski definition) is 0. The Kier molecular flexibility index (Phi) is 6.26. The minimum absolute atomic E-state index is 0.157. The lowest BCUT2D eigenvalue weighted by Gasteiger charge is -2.16. The van der Waals surface area contributed by atoms with E-state index >= 15 is 0 Å². The summed E-state index contributed by atoms with van der Waals surface area (Å²) >= 11 is 0. The molecule has 0 saturated heterocycles. The summed E-state index contributed by atoms with van der Waals surface area (Å²) in [5.41, 5.74) is -0.455. The first-order valence-corrected chi connectivity index (χ1v) is 7.12. The topological polar surface area (TPSA) is 35.5 Å². The van der Waals surface area contributed by atoms with Crippen molar-refractivity contribution >= 4 is 5.78 Å². The molecule has 0 atom stereocenters. The van der Waals surface area contributed by atoms with E-state index in [4.69, 9.17) is 9.47 Å². The Balaban J connectivity index is 3.05. The van der Waals surface area contributed by atoms with Crippen molar-refractivity contribution in [3.8, 4) is 11.5 Å². The predicted molar refractivity (Wildman–Crippen MR) is 77.5 cm³/mol. The summed E-state index contributed by atoms with van der Waals surface area (Å²) in [5, 5.41) is 0. The van der Waals surface area contributed by atoms with Crippen molar-refractivity contribution in [1.29, 1.82) is 0 Å². The summed E-state index contributed by atoms with van der Waals surface area (Å²) in [7, 11) is 0. The van der Waals surface area contributed by atoms with Crippen LogP contribution in [-0.4, -0.2) is 25.2 Å². The van der Waals surface area contributed by atoms with Crippen molar-refractivity contribution in [1.82, 2.24) is 0 Å². The van der Waals surface area contributed by atoms with Crippen LogP contribution in [0.25, 0.3) is 0 Å². The Morgan fingerprint density at radius 3 is 1.95 bits per heavy atom. The third-order valence-corrected chi connectivity index (χ3v) is 2.61. The second-order valence-electron chi connectivity index (χ2n) is 5.90. The molecule has 0 amide bonds. The number of benzene rings is 1. The molecule has 0 N–H and O–H groups in total. The number of carbonyl (C=O) groups is 1. The van der Waals surface area contributed by atoms with E-state index < -0.39 is 17.5 Å². The average Bonchev–Trinajstić information content (AvgIpc) is 2.41. The molecule has 0 saturated carbocycles. The SMILES string of the molecule is CC(C)COc1ccc(C(=O)C(F)(F)F)cc1OCC(C)C. The average molecular weight is 318 g/mol. The largest absolute Gasteiger partial charge is 0.489 e. The van der Waals surface area contributed by atoms with Gasteiger partial charge in [-0.3, -0.25) is 4.79 Å². The maximum absolute atomic E-state index is 12.5. The minimum atomic E-state index is -4.91. The molecule has 0 radical (unpaired) electrons. The molecular formula is C16H21F3O3. The maximum Gasteiger partial charge on any atom is 0.454 e. The molecule has 0 spiro atoms. The number of hydrogen-bond acceptors (Lipinski definition) is 3. The number of ketones is 1. The number of halogens is 3. The first-order valence-electron chi connectivity index (χ1n) is 7.12. The maximum atomic E-state index is 12.5. The lowest BCUT2D eigenvalue weighted by Crippen LogP contribution is -2.22. The summed E-state index contributed by atoms with van der Waals surface area (Å²) in [6.45, 7) is 8.47. The Hall–Kier alpha value is -1.72. The van der Waals surface area contributed by atoms with E-state index in [1.54, 1.807) is 0 Å². The Morgan fingerprint density at radius 1 is 1.00 bits per heavy atom. The second kappa shape index (κ2) is 7.51. The first-order chi connectivity index (χ1) is 10.1. The van der Waals surface area contributed by atoms with E-state index in [1.165, 1.54) is 6.07 Å². The molecule has 6 heteroatoms. The third kappa shape index (κ3) is 5.58. The van der Waals surface area contributed by atoms with Crippen LogP contribution in [0.3, 0.4) is 0 Å². The fourth-order valence-corrected chi connectivity index (χ4v) is 1.56. The normalized spacial score (nSPS) is 11.9. The van der Waals surface area contributed by atoms with Crippen molar-refractivity contribution in [3.05, 3.63) is 23.8 Å². The first kappa shape index (κ1) is 18.3. The molecule has 0 aliphatic carbocycles. The van der Waals surface area contributed by atoms with Gasteiger partial charge in [0.25, 0.3) is 5.78 Å². The van der Waals surface area contributed by atoms with Crippen molar-refractivity contribution in [2.45, 2.75) is 33.9 Å². The van der Waals surface area contributed by atoms with E-state index in [0.717, 1.165) is 12.1 Å². The highest BCUT2D eigenvalue weighted by molar-refractivity contribution is 6.00. The molecular weight excluding hydrogens is 297 g/mol. The van der Waals surface area contributed by atoms with Crippen LogP contribution in [0, 0.1) is 11.8 Å². The predicted octanol–water partition coefficient (Wildman–Crippen LogP) is 4.50. The smallest absolute Gasteiger partial charge is 0.454 e. The van der Waals surface area contributed by atoms with Crippen LogP contribution in [0.5, 0.6) is 11.5 Å². The molecule has 22 heavy (non-hydrogen) atoms. The van der Waals surface area contributed by atoms with E-state index in [2.05, 4.69) is 0 Å². The molecule has 1 rings (SSSR count). The standard InChI is InChI=1S/C16H21F3O3/c1-10(2)8-21-13-6-5-12(15(20)16(17,18)19)7-14(13)22-9-11(3)4/h5-7,10-11H,8-9H2,1-4H3. The fourth-order valence-electron chi connectivity index (χ4n) is 1.56. The monoisotopic (exact) mass is 318 g/mol. The van der Waals surface area contributed by atoms with Crippen molar-refractivity contribution < 1.29 is 27.4 Å². The van der Waals surface area contributed by atoms with Gasteiger partial charge in [0, 0.05) is 5.56 Å². The van der Waals surface area contributed by atoms with Gasteiger partial charge in [-0.25, -0.2) is 0 Å². The number of carbonyl (C=O) groups excluding carboxylic acids is 1. The highest BCUT2D eigenvalue weighted by atomic mass is 19.4. The Morgan fingerprint density at radius 2 is 1.50 bits per heavy atom. The van der Waals surface area contributed by atoms with Gasteiger partial charge in [0.15, 0.2) is 11.5 Å². The van der Waals surface area contributed by atoms with Crippen LogP contribution in [0.2, 0.25) is 0 Å². The Bertz CT molecular complexity index is 508. The van der Waals surface area contributed by atoms with Crippen LogP contribution < -0.4 is 9.47 Å². The number of alkyl halides is 3. The zero-order chi connectivity index (χ0) is 16.9. The molecule has 0 bridgehead atoms. The van der Waals surface area contributed by atoms with Gasteiger partial charge >= 0.3 is 6.18 Å². The lowest BCUT2D eigenvalue weighted by atomic mass is 10.1. The molecule has 0 fully saturated rings. The third-order valence-electron chi connectivity index (χ3n) is 2.61. The molecule has 1 aromatic carbocycles. The zero-order valence-corrected chi connectivity index (χ0v) is 13.2. The number of ether oxygens (including phenoxy) is 2. The van der Waals surface area contributed by atoms with E-state index in [0.29, 0.717) is 19.0 Å². The quantitative estimate of drug-likeness (QED) is 0.694. The van der Waals surface area contributed by atoms with Crippen molar-refractivity contribution in [2.24, 2.45) is 11.8 Å². The van der Waals surface area contributed by atoms with Crippen LogP contribution in [0.1, 0.15) is 38.1 Å². The van der Waals surface area contributed by atoms with Crippen molar-refractivity contribution in [3.63, 3.8) is 0 Å². The Labute approximate surface area is 128 Å². The van der Waals surface area contributed by atoms with Crippen LogP contribution in [0.15, 0.2) is 18.2 Å². The van der Waals surface area contributed by atoms with E-state index in [1.807, 2.05) is 27.7 Å². The molecule has 0 unspecified atom stereocenters. The molecule has 0 aliphatic rings. The summed E-state index contributed by atoms with van der Waals surface area (Å²) in [4.78, 5) is 11.3. The van der Waals surface area contributed by atoms with Gasteiger partial charge in [-0.05, 0) is 30.0 Å². The van der Waals surface area contributed by atoms with Gasteiger partial charge in [0.05, 0.1) is 13.2 Å². The van der Waals surface area contributed by atoms with Crippen LogP contribution in [0.4, 0.5) is 13.2 Å². The highest BCUT2D eigenvalue weighted by Gasteiger charge is 2.39. The van der Waals surface area contributed by atoms with Gasteiger partial charge in [-0.2, -0.15) is 13.2 Å².